The monoisotopic (exact) mass is 538 g/mol. The summed E-state index contributed by atoms with van der Waals surface area (Å²) >= 11 is 0. The van der Waals surface area contributed by atoms with Crippen molar-refractivity contribution >= 4 is 23.7 Å². The number of hydrogen-bond acceptors (Lipinski definition) is 5. The average Bonchev–Trinajstić information content (AvgIpc) is 2.91. The summed E-state index contributed by atoms with van der Waals surface area (Å²) in [5.74, 6) is -2.81. The first-order valence-electron chi connectivity index (χ1n) is 13.5. The molecule has 9 heteroatoms. The Labute approximate surface area is 230 Å². The van der Waals surface area contributed by atoms with Gasteiger partial charge >= 0.3 is 5.97 Å². The number of amides is 3. The van der Waals surface area contributed by atoms with Crippen molar-refractivity contribution in [2.24, 2.45) is 17.6 Å². The standard InChI is InChI=1S/C30H42N4O5/c1-5-20(4)26(31)29(37)33-24(17-21-12-8-6-9-13-21)28(36)32-23(16-19(2)3)27(35)34-25(30(38)39)18-22-14-10-7-11-15-22/h6-15,19-20,23-26H,5,16-18,31H2,1-4H3,(H,32,36)(H,33,37)(H,34,35)(H,38,39). The number of hydrogen-bond donors (Lipinski definition) is 5. The van der Waals surface area contributed by atoms with E-state index in [0.717, 1.165) is 11.1 Å². The first-order chi connectivity index (χ1) is 18.5. The Morgan fingerprint density at radius 1 is 0.718 bits per heavy atom. The molecule has 0 saturated carbocycles. The van der Waals surface area contributed by atoms with Crippen LogP contribution in [-0.4, -0.2) is 53.0 Å². The van der Waals surface area contributed by atoms with E-state index in [2.05, 4.69) is 16.0 Å². The molecule has 3 amide bonds. The van der Waals surface area contributed by atoms with Crippen LogP contribution in [0.3, 0.4) is 0 Å². The Morgan fingerprint density at radius 3 is 1.62 bits per heavy atom. The predicted molar refractivity (Wildman–Crippen MR) is 151 cm³/mol. The Balaban J connectivity index is 2.22. The molecule has 9 nitrogen and oxygen atoms in total. The number of carboxylic acid groups (broad SMARTS) is 1. The summed E-state index contributed by atoms with van der Waals surface area (Å²) in [6.45, 7) is 7.61. The van der Waals surface area contributed by atoms with Crippen LogP contribution in [0.5, 0.6) is 0 Å². The lowest BCUT2D eigenvalue weighted by Crippen LogP contribution is -2.58. The van der Waals surface area contributed by atoms with Crippen LogP contribution in [0.25, 0.3) is 0 Å². The first kappa shape index (κ1) is 31.5. The molecule has 0 bridgehead atoms. The molecule has 0 spiro atoms. The molecule has 0 aromatic heterocycles. The summed E-state index contributed by atoms with van der Waals surface area (Å²) in [5.41, 5.74) is 7.70. The Morgan fingerprint density at radius 2 is 1.15 bits per heavy atom. The molecule has 0 fully saturated rings. The van der Waals surface area contributed by atoms with Crippen LogP contribution in [0.15, 0.2) is 60.7 Å². The molecule has 2 aromatic carbocycles. The van der Waals surface area contributed by atoms with Crippen LogP contribution >= 0.6 is 0 Å². The van der Waals surface area contributed by atoms with E-state index < -0.39 is 47.9 Å². The third kappa shape index (κ3) is 10.5. The molecule has 0 heterocycles. The molecule has 2 aromatic rings. The van der Waals surface area contributed by atoms with E-state index in [4.69, 9.17) is 5.73 Å². The van der Waals surface area contributed by atoms with Crippen molar-refractivity contribution in [1.29, 1.82) is 0 Å². The van der Waals surface area contributed by atoms with Crippen molar-refractivity contribution in [3.8, 4) is 0 Å². The van der Waals surface area contributed by atoms with E-state index in [-0.39, 0.29) is 31.1 Å². The van der Waals surface area contributed by atoms with Gasteiger partial charge in [0.05, 0.1) is 6.04 Å². The zero-order chi connectivity index (χ0) is 28.9. The highest BCUT2D eigenvalue weighted by molar-refractivity contribution is 5.94. The van der Waals surface area contributed by atoms with E-state index in [1.165, 1.54) is 0 Å². The van der Waals surface area contributed by atoms with Gasteiger partial charge in [-0.15, -0.1) is 0 Å². The van der Waals surface area contributed by atoms with Gasteiger partial charge < -0.3 is 26.8 Å². The van der Waals surface area contributed by atoms with Crippen LogP contribution < -0.4 is 21.7 Å². The highest BCUT2D eigenvalue weighted by Gasteiger charge is 2.31. The minimum Gasteiger partial charge on any atom is -0.480 e. The second-order valence-electron chi connectivity index (χ2n) is 10.4. The van der Waals surface area contributed by atoms with Gasteiger partial charge in [0.25, 0.3) is 0 Å². The lowest BCUT2D eigenvalue weighted by molar-refractivity contribution is -0.142. The third-order valence-electron chi connectivity index (χ3n) is 6.71. The van der Waals surface area contributed by atoms with E-state index >= 15 is 0 Å². The zero-order valence-corrected chi connectivity index (χ0v) is 23.2. The van der Waals surface area contributed by atoms with Crippen molar-refractivity contribution in [3.05, 3.63) is 71.8 Å². The zero-order valence-electron chi connectivity index (χ0n) is 23.2. The fraction of sp³-hybridized carbons (Fsp3) is 0.467. The fourth-order valence-corrected chi connectivity index (χ4v) is 4.14. The van der Waals surface area contributed by atoms with E-state index in [0.29, 0.717) is 6.42 Å². The lowest BCUT2D eigenvalue weighted by atomic mass is 9.97. The molecule has 5 unspecified atom stereocenters. The number of nitrogens with one attached hydrogen (secondary N) is 3. The number of carbonyl (C=O) groups excluding carboxylic acids is 3. The fourth-order valence-electron chi connectivity index (χ4n) is 4.14. The first-order valence-corrected chi connectivity index (χ1v) is 13.5. The Bertz CT molecular complexity index is 1080. The maximum absolute atomic E-state index is 13.5. The maximum atomic E-state index is 13.5. The van der Waals surface area contributed by atoms with Crippen LogP contribution in [-0.2, 0) is 32.0 Å². The number of carbonyl (C=O) groups is 4. The van der Waals surface area contributed by atoms with Gasteiger partial charge in [-0.1, -0.05) is 94.8 Å². The van der Waals surface area contributed by atoms with Crippen molar-refractivity contribution in [2.45, 2.75) is 77.5 Å². The molecule has 212 valence electrons. The van der Waals surface area contributed by atoms with Gasteiger partial charge in [0.2, 0.25) is 17.7 Å². The van der Waals surface area contributed by atoms with Gasteiger partial charge in [-0.25, -0.2) is 4.79 Å². The summed E-state index contributed by atoms with van der Waals surface area (Å²) in [4.78, 5) is 51.6. The summed E-state index contributed by atoms with van der Waals surface area (Å²) in [6, 6.07) is 14.3. The topological polar surface area (TPSA) is 151 Å². The van der Waals surface area contributed by atoms with Gasteiger partial charge in [0.15, 0.2) is 0 Å². The molecule has 0 aliphatic rings. The van der Waals surface area contributed by atoms with E-state index in [1.54, 1.807) is 24.3 Å². The van der Waals surface area contributed by atoms with Gasteiger partial charge in [-0.05, 0) is 29.4 Å². The highest BCUT2D eigenvalue weighted by atomic mass is 16.4. The van der Waals surface area contributed by atoms with Gasteiger partial charge in [0.1, 0.15) is 18.1 Å². The Hall–Kier alpha value is -3.72. The minimum atomic E-state index is -1.17. The number of nitrogens with two attached hydrogens (primary N) is 1. The van der Waals surface area contributed by atoms with Crippen LogP contribution in [0.1, 0.15) is 51.7 Å². The number of carboxylic acids is 1. The van der Waals surface area contributed by atoms with Crippen LogP contribution in [0.4, 0.5) is 0 Å². The third-order valence-corrected chi connectivity index (χ3v) is 6.71. The number of benzene rings is 2. The second-order valence-corrected chi connectivity index (χ2v) is 10.4. The van der Waals surface area contributed by atoms with Crippen LogP contribution in [0, 0.1) is 11.8 Å². The molecule has 5 atom stereocenters. The van der Waals surface area contributed by atoms with Gasteiger partial charge in [-0.3, -0.25) is 14.4 Å². The molecule has 0 aliphatic carbocycles. The van der Waals surface area contributed by atoms with Crippen molar-refractivity contribution in [3.63, 3.8) is 0 Å². The summed E-state index contributed by atoms with van der Waals surface area (Å²) in [7, 11) is 0. The van der Waals surface area contributed by atoms with E-state index in [9.17, 15) is 24.3 Å². The number of aliphatic carboxylic acids is 1. The average molecular weight is 539 g/mol. The number of rotatable bonds is 15. The summed E-state index contributed by atoms with van der Waals surface area (Å²) in [6.07, 6.45) is 1.29. The molecular weight excluding hydrogens is 496 g/mol. The molecule has 6 N–H and O–H groups in total. The molecule has 2 rings (SSSR count). The highest BCUT2D eigenvalue weighted by Crippen LogP contribution is 2.11. The molecule has 0 saturated heterocycles. The molecular formula is C30H42N4O5. The maximum Gasteiger partial charge on any atom is 0.326 e. The quantitative estimate of drug-likeness (QED) is 0.235. The molecule has 0 aliphatic heterocycles. The lowest BCUT2D eigenvalue weighted by Gasteiger charge is -2.27. The minimum absolute atomic E-state index is 0.0273. The molecule has 39 heavy (non-hydrogen) atoms. The molecule has 0 radical (unpaired) electrons. The van der Waals surface area contributed by atoms with Crippen molar-refractivity contribution in [1.82, 2.24) is 16.0 Å². The van der Waals surface area contributed by atoms with Gasteiger partial charge in [-0.2, -0.15) is 0 Å². The smallest absolute Gasteiger partial charge is 0.326 e. The van der Waals surface area contributed by atoms with E-state index in [1.807, 2.05) is 64.1 Å². The normalized spacial score (nSPS) is 14.9. The summed E-state index contributed by atoms with van der Waals surface area (Å²) in [5, 5.41) is 17.9. The summed E-state index contributed by atoms with van der Waals surface area (Å²) < 4.78 is 0. The van der Waals surface area contributed by atoms with Crippen molar-refractivity contribution < 1.29 is 24.3 Å². The van der Waals surface area contributed by atoms with Crippen LogP contribution in [0.2, 0.25) is 0 Å². The largest absolute Gasteiger partial charge is 0.480 e. The second kappa shape index (κ2) is 15.6. The predicted octanol–water partition coefficient (Wildman–Crippen LogP) is 2.43. The van der Waals surface area contributed by atoms with Crippen molar-refractivity contribution in [2.75, 3.05) is 0 Å². The van der Waals surface area contributed by atoms with Gasteiger partial charge in [0, 0.05) is 12.8 Å². The SMILES string of the molecule is CCC(C)C(N)C(=O)NC(Cc1ccccc1)C(=O)NC(CC(C)C)C(=O)NC(Cc1ccccc1)C(=O)O. The Kier molecular flexibility index (Phi) is 12.6.